The Morgan fingerprint density at radius 3 is 3.04 bits per heavy atom. The van der Waals surface area contributed by atoms with Crippen molar-refractivity contribution in [3.05, 3.63) is 65.5 Å². The van der Waals surface area contributed by atoms with Crippen LogP contribution in [0.5, 0.6) is 5.75 Å². The minimum absolute atomic E-state index is 0.196. The number of aliphatic hydroxyl groups excluding tert-OH is 1. The number of hydrogen-bond acceptors (Lipinski definition) is 6. The molecule has 1 aromatic carbocycles. The highest BCUT2D eigenvalue weighted by atomic mass is 16.5. The molecule has 3 atom stereocenters. The van der Waals surface area contributed by atoms with Crippen molar-refractivity contribution in [3.63, 3.8) is 0 Å². The number of hydrazine groups is 1. The van der Waals surface area contributed by atoms with E-state index in [2.05, 4.69) is 21.8 Å². The molecule has 1 amide bonds. The van der Waals surface area contributed by atoms with Crippen LogP contribution in [0, 0.1) is 0 Å². The molecule has 2 aromatic rings. The lowest BCUT2D eigenvalue weighted by Crippen LogP contribution is -2.52. The largest absolute Gasteiger partial charge is 0.493 e. The van der Waals surface area contributed by atoms with Crippen LogP contribution >= 0.6 is 0 Å². The fourth-order valence-electron chi connectivity index (χ4n) is 3.80. The summed E-state index contributed by atoms with van der Waals surface area (Å²) in [5, 5.41) is 15.3. The first kappa shape index (κ1) is 15.4. The number of fused-ring (bicyclic) bond motifs is 2. The minimum atomic E-state index is -0.896. The molecule has 7 nitrogen and oxygen atoms in total. The zero-order chi connectivity index (χ0) is 17.7. The molecule has 0 radical (unpaired) electrons. The highest BCUT2D eigenvalue weighted by Crippen LogP contribution is 2.34. The van der Waals surface area contributed by atoms with Gasteiger partial charge in [-0.25, -0.2) is 10.4 Å². The number of carbonyl (C=O) groups excluding carboxylic acids is 1. The summed E-state index contributed by atoms with van der Waals surface area (Å²) in [7, 11) is 0. The van der Waals surface area contributed by atoms with Gasteiger partial charge >= 0.3 is 0 Å². The van der Waals surface area contributed by atoms with Crippen LogP contribution in [0.2, 0.25) is 0 Å². The first-order valence-corrected chi connectivity index (χ1v) is 8.63. The fraction of sp³-hybridized carbons (Fsp3) is 0.263. The molecule has 0 spiro atoms. The van der Waals surface area contributed by atoms with Crippen molar-refractivity contribution in [3.8, 4) is 5.75 Å². The quantitative estimate of drug-likeness (QED) is 0.741. The topological polar surface area (TPSA) is 86.7 Å². The number of hydrogen-bond donors (Lipinski definition) is 3. The maximum absolute atomic E-state index is 12.6. The van der Waals surface area contributed by atoms with Crippen LogP contribution in [0.3, 0.4) is 0 Å². The van der Waals surface area contributed by atoms with E-state index in [0.29, 0.717) is 6.61 Å². The van der Waals surface area contributed by atoms with Gasteiger partial charge in [0.15, 0.2) is 0 Å². The number of aliphatic hydroxyl groups is 1. The van der Waals surface area contributed by atoms with Crippen molar-refractivity contribution in [1.82, 2.24) is 20.7 Å². The van der Waals surface area contributed by atoms with Gasteiger partial charge in [0.2, 0.25) is 0 Å². The van der Waals surface area contributed by atoms with E-state index in [4.69, 9.17) is 4.74 Å². The van der Waals surface area contributed by atoms with Gasteiger partial charge in [-0.2, -0.15) is 0 Å². The Bertz CT molecular complexity index is 899. The summed E-state index contributed by atoms with van der Waals surface area (Å²) < 4.78 is 5.55. The molecular weight excluding hydrogens is 332 g/mol. The molecule has 26 heavy (non-hydrogen) atoms. The average Bonchev–Trinajstić information content (AvgIpc) is 3.25. The molecule has 3 N–H and O–H groups in total. The molecule has 3 unspecified atom stereocenters. The van der Waals surface area contributed by atoms with E-state index < -0.39 is 12.4 Å². The number of pyridine rings is 1. The molecular formula is C19H18N4O3. The molecule has 1 fully saturated rings. The van der Waals surface area contributed by atoms with Crippen molar-refractivity contribution in [2.45, 2.75) is 24.7 Å². The molecule has 0 saturated carbocycles. The standard InChI is InChI=1S/C19H18N4O3/c24-16-10-14(11-4-5-15-12(9-11)6-8-26-15)21-18-17(19(25)22-23(16)18)13-3-1-2-7-20-13/h1-5,7,9-10,17-19,21-22,25H,6,8H2. The van der Waals surface area contributed by atoms with E-state index >= 15 is 0 Å². The number of carbonyl (C=O) groups is 1. The molecule has 132 valence electrons. The summed E-state index contributed by atoms with van der Waals surface area (Å²) in [4.78, 5) is 17.0. The van der Waals surface area contributed by atoms with E-state index in [9.17, 15) is 9.90 Å². The SMILES string of the molecule is O=C1C=C(c2ccc3c(c2)CCO3)NC2C(c3ccccn3)C(O)NN12. The summed E-state index contributed by atoms with van der Waals surface area (Å²) in [6.45, 7) is 0.693. The molecule has 4 heterocycles. The van der Waals surface area contributed by atoms with Crippen LogP contribution in [-0.2, 0) is 11.2 Å². The second-order valence-corrected chi connectivity index (χ2v) is 6.63. The Morgan fingerprint density at radius 2 is 2.19 bits per heavy atom. The highest BCUT2D eigenvalue weighted by Gasteiger charge is 2.46. The number of ether oxygens (including phenoxy) is 1. The first-order chi connectivity index (χ1) is 12.7. The molecule has 1 saturated heterocycles. The predicted molar refractivity (Wildman–Crippen MR) is 93.5 cm³/mol. The van der Waals surface area contributed by atoms with E-state index in [-0.39, 0.29) is 11.8 Å². The molecule has 1 aromatic heterocycles. The smallest absolute Gasteiger partial charge is 0.264 e. The Balaban J connectivity index is 1.50. The van der Waals surface area contributed by atoms with E-state index in [1.54, 1.807) is 12.3 Å². The van der Waals surface area contributed by atoms with Crippen molar-refractivity contribution in [1.29, 1.82) is 0 Å². The number of amides is 1. The predicted octanol–water partition coefficient (Wildman–Crippen LogP) is 0.736. The number of nitrogens with zero attached hydrogens (tertiary/aromatic N) is 2. The van der Waals surface area contributed by atoms with Crippen molar-refractivity contribution < 1.29 is 14.6 Å². The van der Waals surface area contributed by atoms with Crippen LogP contribution in [0.4, 0.5) is 0 Å². The summed E-state index contributed by atoms with van der Waals surface area (Å²) in [5.74, 6) is 0.335. The zero-order valence-corrected chi connectivity index (χ0v) is 13.9. The summed E-state index contributed by atoms with van der Waals surface area (Å²) >= 11 is 0. The van der Waals surface area contributed by atoms with Gasteiger partial charge in [0.05, 0.1) is 18.2 Å². The number of aromatic nitrogens is 1. The van der Waals surface area contributed by atoms with Gasteiger partial charge in [-0.1, -0.05) is 6.07 Å². The molecule has 5 rings (SSSR count). The van der Waals surface area contributed by atoms with E-state index in [1.165, 1.54) is 5.01 Å². The number of nitrogens with one attached hydrogen (secondary N) is 2. The monoisotopic (exact) mass is 350 g/mol. The highest BCUT2D eigenvalue weighted by molar-refractivity contribution is 5.97. The van der Waals surface area contributed by atoms with Gasteiger partial charge in [-0.15, -0.1) is 0 Å². The molecule has 3 aliphatic rings. The Kier molecular flexibility index (Phi) is 3.44. The van der Waals surface area contributed by atoms with Gasteiger partial charge in [-0.3, -0.25) is 9.78 Å². The maximum atomic E-state index is 12.6. The molecule has 0 bridgehead atoms. The minimum Gasteiger partial charge on any atom is -0.493 e. The van der Waals surface area contributed by atoms with Gasteiger partial charge in [0.25, 0.3) is 5.91 Å². The average molecular weight is 350 g/mol. The van der Waals surface area contributed by atoms with Crippen LogP contribution < -0.4 is 15.5 Å². The van der Waals surface area contributed by atoms with Crippen molar-refractivity contribution in [2.24, 2.45) is 0 Å². The van der Waals surface area contributed by atoms with Crippen LogP contribution in [0.1, 0.15) is 22.7 Å². The first-order valence-electron chi connectivity index (χ1n) is 8.63. The summed E-state index contributed by atoms with van der Waals surface area (Å²) in [5.41, 5.74) is 6.38. The summed E-state index contributed by atoms with van der Waals surface area (Å²) in [6, 6.07) is 11.5. The van der Waals surface area contributed by atoms with E-state index in [1.807, 2.05) is 30.3 Å². The fourth-order valence-corrected chi connectivity index (χ4v) is 3.80. The summed E-state index contributed by atoms with van der Waals surface area (Å²) in [6.07, 6.45) is 2.79. The maximum Gasteiger partial charge on any atom is 0.264 e. The Hall–Kier alpha value is -2.90. The molecule has 0 aliphatic carbocycles. The molecule has 7 heteroatoms. The van der Waals surface area contributed by atoms with Crippen molar-refractivity contribution >= 4 is 11.6 Å². The third-order valence-corrected chi connectivity index (χ3v) is 5.07. The van der Waals surface area contributed by atoms with E-state index in [0.717, 1.165) is 34.7 Å². The van der Waals surface area contributed by atoms with Gasteiger partial charge in [0.1, 0.15) is 18.1 Å². The van der Waals surface area contributed by atoms with Crippen LogP contribution in [0.15, 0.2) is 48.7 Å². The Morgan fingerprint density at radius 1 is 1.27 bits per heavy atom. The van der Waals surface area contributed by atoms with Crippen LogP contribution in [0.25, 0.3) is 5.70 Å². The third kappa shape index (κ3) is 2.36. The zero-order valence-electron chi connectivity index (χ0n) is 13.9. The van der Waals surface area contributed by atoms with Crippen LogP contribution in [-0.4, -0.2) is 40.0 Å². The lowest BCUT2D eigenvalue weighted by Gasteiger charge is -2.32. The van der Waals surface area contributed by atoms with Gasteiger partial charge < -0.3 is 15.2 Å². The lowest BCUT2D eigenvalue weighted by atomic mass is 9.98. The third-order valence-electron chi connectivity index (χ3n) is 5.07. The second kappa shape index (κ2) is 5.82. The van der Waals surface area contributed by atoms with Crippen molar-refractivity contribution in [2.75, 3.05) is 6.61 Å². The van der Waals surface area contributed by atoms with Gasteiger partial charge in [0, 0.05) is 24.4 Å². The lowest BCUT2D eigenvalue weighted by molar-refractivity contribution is -0.131. The van der Waals surface area contributed by atoms with Gasteiger partial charge in [-0.05, 0) is 41.5 Å². The second-order valence-electron chi connectivity index (χ2n) is 6.63. The molecule has 3 aliphatic heterocycles. The normalized spacial score (nSPS) is 26.7. The Labute approximate surface area is 150 Å². The number of benzene rings is 1. The number of rotatable bonds is 2.